The first-order valence-electron chi connectivity index (χ1n) is 8.53. The van der Waals surface area contributed by atoms with Crippen LogP contribution in [-0.4, -0.2) is 28.4 Å². The van der Waals surface area contributed by atoms with Crippen molar-refractivity contribution in [3.63, 3.8) is 0 Å². The Kier molecular flexibility index (Phi) is 8.97. The van der Waals surface area contributed by atoms with Gasteiger partial charge in [0.05, 0.1) is 0 Å². The maximum absolute atomic E-state index is 12.4. The first kappa shape index (κ1) is 21.3. The van der Waals surface area contributed by atoms with Crippen LogP contribution in [0.4, 0.5) is 0 Å². The average Bonchev–Trinajstić information content (AvgIpc) is 2.59. The SMILES string of the molecule is CC(CCCCC(C)[N+](=O)[O-])/C(=C\C[N+](=O)[O-])C(=O)Oc1ccccc1. The van der Waals surface area contributed by atoms with Gasteiger partial charge in [0, 0.05) is 28.8 Å². The molecule has 2 atom stereocenters. The molecule has 8 nitrogen and oxygen atoms in total. The second-order valence-corrected chi connectivity index (χ2v) is 6.20. The van der Waals surface area contributed by atoms with Crippen LogP contribution in [0.3, 0.4) is 0 Å². The molecule has 1 aromatic carbocycles. The van der Waals surface area contributed by atoms with E-state index in [1.807, 2.05) is 0 Å². The molecular weight excluding hydrogens is 340 g/mol. The van der Waals surface area contributed by atoms with Crippen molar-refractivity contribution in [2.75, 3.05) is 6.54 Å². The third-order valence-corrected chi connectivity index (χ3v) is 4.05. The van der Waals surface area contributed by atoms with Crippen LogP contribution in [-0.2, 0) is 4.79 Å². The highest BCUT2D eigenvalue weighted by Crippen LogP contribution is 2.22. The summed E-state index contributed by atoms with van der Waals surface area (Å²) >= 11 is 0. The van der Waals surface area contributed by atoms with Crippen molar-refractivity contribution in [2.45, 2.75) is 45.6 Å². The lowest BCUT2D eigenvalue weighted by atomic mass is 9.94. The molecule has 0 amide bonds. The topological polar surface area (TPSA) is 113 Å². The van der Waals surface area contributed by atoms with Gasteiger partial charge in [-0.15, -0.1) is 0 Å². The minimum absolute atomic E-state index is 0.239. The van der Waals surface area contributed by atoms with Crippen molar-refractivity contribution in [1.82, 2.24) is 0 Å². The summed E-state index contributed by atoms with van der Waals surface area (Å²) in [6, 6.07) is 7.90. The van der Waals surface area contributed by atoms with Gasteiger partial charge in [-0.25, -0.2) is 4.79 Å². The third kappa shape index (κ3) is 7.87. The van der Waals surface area contributed by atoms with E-state index >= 15 is 0 Å². The highest BCUT2D eigenvalue weighted by atomic mass is 16.6. The van der Waals surface area contributed by atoms with Crippen molar-refractivity contribution in [3.05, 3.63) is 62.2 Å². The summed E-state index contributed by atoms with van der Waals surface area (Å²) in [5, 5.41) is 21.3. The molecule has 0 aliphatic carbocycles. The number of carbonyl (C=O) groups is 1. The number of esters is 1. The van der Waals surface area contributed by atoms with Crippen molar-refractivity contribution in [1.29, 1.82) is 0 Å². The average molecular weight is 364 g/mol. The Bertz CT molecular complexity index is 644. The molecule has 0 N–H and O–H groups in total. The predicted octanol–water partition coefficient (Wildman–Crippen LogP) is 3.66. The fourth-order valence-electron chi connectivity index (χ4n) is 2.46. The van der Waals surface area contributed by atoms with E-state index in [4.69, 9.17) is 4.74 Å². The van der Waals surface area contributed by atoms with E-state index in [0.29, 0.717) is 31.4 Å². The molecule has 2 unspecified atom stereocenters. The standard InChI is InChI=1S/C18H24N2O6/c1-14(8-6-7-9-15(2)20(24)25)17(12-13-19(22)23)18(21)26-16-10-4-3-5-11-16/h3-5,10-12,14-15H,6-9,13H2,1-2H3/b17-12+. The molecule has 0 saturated heterocycles. The van der Waals surface area contributed by atoms with Gasteiger partial charge in [-0.2, -0.15) is 0 Å². The minimum Gasteiger partial charge on any atom is -0.423 e. The van der Waals surface area contributed by atoms with Crippen molar-refractivity contribution >= 4 is 5.97 Å². The molecule has 0 spiro atoms. The summed E-state index contributed by atoms with van der Waals surface area (Å²) in [7, 11) is 0. The maximum atomic E-state index is 12.4. The Morgan fingerprint density at radius 2 is 1.73 bits per heavy atom. The second-order valence-electron chi connectivity index (χ2n) is 6.20. The number of ether oxygens (including phenoxy) is 1. The minimum atomic E-state index is -0.607. The van der Waals surface area contributed by atoms with Gasteiger partial charge in [-0.1, -0.05) is 31.5 Å². The number of nitro groups is 2. The van der Waals surface area contributed by atoms with Crippen LogP contribution in [0.1, 0.15) is 39.5 Å². The lowest BCUT2D eigenvalue weighted by molar-refractivity contribution is -0.519. The van der Waals surface area contributed by atoms with Gasteiger partial charge < -0.3 is 4.74 Å². The van der Waals surface area contributed by atoms with E-state index < -0.39 is 23.5 Å². The Hall–Kier alpha value is -2.77. The summed E-state index contributed by atoms with van der Waals surface area (Å²) in [5.74, 6) is -0.474. The Labute approximate surface area is 152 Å². The number of hydrogen-bond acceptors (Lipinski definition) is 6. The summed E-state index contributed by atoms with van der Waals surface area (Å²) < 4.78 is 5.29. The number of benzene rings is 1. The fraction of sp³-hybridized carbons (Fsp3) is 0.500. The first-order valence-corrected chi connectivity index (χ1v) is 8.53. The molecule has 0 fully saturated rings. The Balaban J connectivity index is 2.66. The van der Waals surface area contributed by atoms with Gasteiger partial charge in [0.25, 0.3) is 0 Å². The Morgan fingerprint density at radius 1 is 1.12 bits per heavy atom. The van der Waals surface area contributed by atoms with Crippen molar-refractivity contribution < 1.29 is 19.4 Å². The van der Waals surface area contributed by atoms with Crippen LogP contribution >= 0.6 is 0 Å². The van der Waals surface area contributed by atoms with Gasteiger partial charge in [-0.3, -0.25) is 20.2 Å². The molecule has 0 radical (unpaired) electrons. The maximum Gasteiger partial charge on any atom is 0.339 e. The van der Waals surface area contributed by atoms with E-state index in [1.165, 1.54) is 6.08 Å². The van der Waals surface area contributed by atoms with E-state index in [0.717, 1.165) is 0 Å². The van der Waals surface area contributed by atoms with Crippen LogP contribution < -0.4 is 4.74 Å². The van der Waals surface area contributed by atoms with Gasteiger partial charge in [0.2, 0.25) is 12.6 Å². The highest BCUT2D eigenvalue weighted by molar-refractivity contribution is 5.90. The number of rotatable bonds is 11. The normalized spacial score (nSPS) is 13.7. The summed E-state index contributed by atoms with van der Waals surface area (Å²) in [4.78, 5) is 32.8. The second kappa shape index (κ2) is 11.0. The molecule has 0 bridgehead atoms. The highest BCUT2D eigenvalue weighted by Gasteiger charge is 2.20. The van der Waals surface area contributed by atoms with Crippen molar-refractivity contribution in [2.24, 2.45) is 5.92 Å². The molecule has 0 aliphatic rings. The molecule has 0 saturated carbocycles. The number of unbranched alkanes of at least 4 members (excludes halogenated alkanes) is 1. The molecule has 26 heavy (non-hydrogen) atoms. The molecular formula is C18H24N2O6. The van der Waals surface area contributed by atoms with Gasteiger partial charge in [-0.05, 0) is 37.0 Å². The molecule has 0 heterocycles. The summed E-state index contributed by atoms with van der Waals surface area (Å²) in [6.07, 6.45) is 3.69. The monoisotopic (exact) mass is 364 g/mol. The van der Waals surface area contributed by atoms with Gasteiger partial charge in [0.1, 0.15) is 5.75 Å². The number of carbonyl (C=O) groups excluding carboxylic acids is 1. The summed E-state index contributed by atoms with van der Waals surface area (Å²) in [5.41, 5.74) is 0.257. The van der Waals surface area contributed by atoms with Gasteiger partial charge >= 0.3 is 5.97 Å². The lowest BCUT2D eigenvalue weighted by Gasteiger charge is -2.15. The number of para-hydroxylation sites is 1. The third-order valence-electron chi connectivity index (χ3n) is 4.05. The van der Waals surface area contributed by atoms with Gasteiger partial charge in [0.15, 0.2) is 0 Å². The molecule has 1 aromatic rings. The quantitative estimate of drug-likeness (QED) is 0.148. The van der Waals surface area contributed by atoms with Crippen LogP contribution in [0.5, 0.6) is 5.75 Å². The zero-order valence-electron chi connectivity index (χ0n) is 15.0. The van der Waals surface area contributed by atoms with E-state index in [9.17, 15) is 25.0 Å². The van der Waals surface area contributed by atoms with Crippen LogP contribution in [0.15, 0.2) is 42.0 Å². The Morgan fingerprint density at radius 3 is 2.31 bits per heavy atom. The zero-order chi connectivity index (χ0) is 19.5. The first-order chi connectivity index (χ1) is 12.3. The molecule has 0 aliphatic heterocycles. The molecule has 1 rings (SSSR count). The van der Waals surface area contributed by atoms with E-state index in [2.05, 4.69) is 0 Å². The zero-order valence-corrected chi connectivity index (χ0v) is 15.0. The van der Waals surface area contributed by atoms with Crippen LogP contribution in [0.2, 0.25) is 0 Å². The summed E-state index contributed by atoms with van der Waals surface area (Å²) in [6.45, 7) is 2.90. The smallest absolute Gasteiger partial charge is 0.339 e. The van der Waals surface area contributed by atoms with E-state index in [1.54, 1.807) is 44.2 Å². The number of nitrogens with zero attached hydrogens (tertiary/aromatic N) is 2. The van der Waals surface area contributed by atoms with Crippen molar-refractivity contribution in [3.8, 4) is 5.75 Å². The molecule has 8 heteroatoms. The predicted molar refractivity (Wildman–Crippen MR) is 96.1 cm³/mol. The molecule has 0 aromatic heterocycles. The lowest BCUT2D eigenvalue weighted by Crippen LogP contribution is -2.19. The largest absolute Gasteiger partial charge is 0.423 e. The fourth-order valence-corrected chi connectivity index (χ4v) is 2.46. The van der Waals surface area contributed by atoms with Crippen LogP contribution in [0.25, 0.3) is 0 Å². The van der Waals surface area contributed by atoms with Crippen LogP contribution in [0, 0.1) is 26.1 Å². The van der Waals surface area contributed by atoms with E-state index in [-0.39, 0.29) is 16.4 Å². The number of hydrogen-bond donors (Lipinski definition) is 0. The molecule has 142 valence electrons.